The number of nitrogens with two attached hydrogens (primary N) is 1. The molecule has 19 nitrogen and oxygen atoms in total. The molecule has 2 saturated carbocycles. The lowest BCUT2D eigenvalue weighted by Gasteiger charge is -2.67. The van der Waals surface area contributed by atoms with Crippen molar-refractivity contribution in [2.75, 3.05) is 6.61 Å². The number of carboxylic acid groups (broad SMARTS) is 1. The molecule has 71 heavy (non-hydrogen) atoms. The fraction of sp³-hybridized carbons (Fsp3) is 0.462. The zero-order valence-corrected chi connectivity index (χ0v) is 40.0. The number of carbonyl (C=O) groups is 8. The smallest absolute Gasteiger partial charge is 0.338 e. The zero-order chi connectivity index (χ0) is 51.8. The van der Waals surface area contributed by atoms with Crippen LogP contribution in [0.5, 0.6) is 0 Å². The number of ether oxygens (including phenoxy) is 6. The van der Waals surface area contributed by atoms with Crippen molar-refractivity contribution in [2.24, 2.45) is 22.5 Å². The molecule has 6 N–H and O–H groups in total. The van der Waals surface area contributed by atoms with Crippen molar-refractivity contribution in [3.8, 4) is 0 Å². The quantitative estimate of drug-likeness (QED) is 0.0827. The highest BCUT2D eigenvalue weighted by Gasteiger charge is 2.79. The molecule has 1 unspecified atom stereocenters. The molecule has 1 amide bonds. The zero-order valence-electron chi connectivity index (χ0n) is 40.0. The van der Waals surface area contributed by atoms with Crippen molar-refractivity contribution in [1.29, 1.82) is 0 Å². The number of aliphatic hydroxyl groups excluding tert-OH is 1. The number of hydrogen-bond acceptors (Lipinski definition) is 17. The molecule has 19 heteroatoms. The minimum atomic E-state index is -2.53. The summed E-state index contributed by atoms with van der Waals surface area (Å²) in [6, 6.07) is 21.0. The highest BCUT2D eigenvalue weighted by Crippen LogP contribution is 2.65. The maximum absolute atomic E-state index is 16.1. The first-order valence-corrected chi connectivity index (χ1v) is 23.2. The third kappa shape index (κ3) is 9.58. The summed E-state index contributed by atoms with van der Waals surface area (Å²) in [6.45, 7) is 7.58. The Hall–Kier alpha value is -6.80. The Labute approximate surface area is 408 Å². The van der Waals surface area contributed by atoms with Crippen molar-refractivity contribution in [1.82, 2.24) is 5.32 Å². The van der Waals surface area contributed by atoms with E-state index in [1.807, 2.05) is 0 Å². The van der Waals surface area contributed by atoms with Crippen LogP contribution < -0.4 is 11.1 Å². The van der Waals surface area contributed by atoms with Crippen LogP contribution in [0.4, 0.5) is 0 Å². The molecule has 1 saturated heterocycles. The number of esters is 5. The molecule has 1 aliphatic heterocycles. The van der Waals surface area contributed by atoms with Gasteiger partial charge >= 0.3 is 35.8 Å². The molecule has 0 spiro atoms. The van der Waals surface area contributed by atoms with Gasteiger partial charge in [0.05, 0.1) is 29.5 Å². The van der Waals surface area contributed by atoms with E-state index in [9.17, 15) is 48.9 Å². The molecule has 3 aromatic carbocycles. The molecule has 3 fully saturated rings. The van der Waals surface area contributed by atoms with Crippen LogP contribution in [0.25, 0.3) is 0 Å². The van der Waals surface area contributed by atoms with Crippen LogP contribution in [0.3, 0.4) is 0 Å². The number of ketones is 1. The fourth-order valence-corrected chi connectivity index (χ4v) is 10.9. The van der Waals surface area contributed by atoms with E-state index in [0.717, 1.165) is 13.8 Å². The van der Waals surface area contributed by atoms with Gasteiger partial charge in [-0.3, -0.25) is 28.8 Å². The van der Waals surface area contributed by atoms with Crippen LogP contribution in [0.15, 0.2) is 102 Å². The number of aliphatic hydroxyl groups is 2. The van der Waals surface area contributed by atoms with Gasteiger partial charge < -0.3 is 54.8 Å². The number of nitrogens with one attached hydrogen (secondary N) is 1. The molecule has 0 aromatic heterocycles. The van der Waals surface area contributed by atoms with E-state index in [4.69, 9.17) is 34.2 Å². The van der Waals surface area contributed by atoms with Gasteiger partial charge in [0.15, 0.2) is 23.6 Å². The average molecular weight is 983 g/mol. The highest BCUT2D eigenvalue weighted by atomic mass is 16.6. The first-order valence-electron chi connectivity index (χ1n) is 23.2. The Morgan fingerprint density at radius 3 is 1.97 bits per heavy atom. The Balaban J connectivity index is 1.41. The summed E-state index contributed by atoms with van der Waals surface area (Å²) in [4.78, 5) is 111. The lowest BCUT2D eigenvalue weighted by atomic mass is 9.44. The van der Waals surface area contributed by atoms with Gasteiger partial charge in [-0.1, -0.05) is 80.6 Å². The highest BCUT2D eigenvalue weighted by molar-refractivity contribution is 5.96. The number of carbonyl (C=O) groups excluding carboxylic acids is 7. The number of fused-ring (bicyclic) bond motifs is 5. The first kappa shape index (κ1) is 52.0. The van der Waals surface area contributed by atoms with Gasteiger partial charge in [0, 0.05) is 44.1 Å². The standard InChI is InChI=1S/C52H58N2O17/c1-27-34(68-48(64)40(58)39(30-16-10-7-11-17-30)54-45(60)31-18-12-8-13-19-31)25-52(65)44(70-47(63)32-20-14-9-15-21-32)42-50(6,43(59)41(67-28(2)55)38(27)49(52,4)5)35(69-37(57)23-22-33(53)46(61)62)24-36-51(42,26-66-36)71-29(3)56/h7-21,33-36,39-42,44,58,65H,22-26,53H2,1-6H3,(H,54,60)(H,61,62)/t33?,34-,35-,36+,39-,40+,41+,42-,44-,50+,51-,52+/m0/s1. The van der Waals surface area contributed by atoms with E-state index in [2.05, 4.69) is 5.32 Å². The maximum Gasteiger partial charge on any atom is 0.338 e. The van der Waals surface area contributed by atoms with Gasteiger partial charge in [-0.25, -0.2) is 9.59 Å². The van der Waals surface area contributed by atoms with Crippen molar-refractivity contribution in [3.63, 3.8) is 0 Å². The molecule has 378 valence electrons. The van der Waals surface area contributed by atoms with E-state index < -0.39 is 144 Å². The molecule has 1 heterocycles. The molecule has 12 atom stereocenters. The van der Waals surface area contributed by atoms with Gasteiger partial charge in [-0.05, 0) is 61.2 Å². The monoisotopic (exact) mass is 982 g/mol. The Kier molecular flexibility index (Phi) is 14.8. The molecular formula is C52H58N2O17. The molecular weight excluding hydrogens is 925 g/mol. The van der Waals surface area contributed by atoms with Gasteiger partial charge in [-0.2, -0.15) is 0 Å². The summed E-state index contributed by atoms with van der Waals surface area (Å²) in [7, 11) is 0. The van der Waals surface area contributed by atoms with Gasteiger partial charge in [0.2, 0.25) is 0 Å². The minimum Gasteiger partial charge on any atom is -0.480 e. The van der Waals surface area contributed by atoms with Crippen LogP contribution in [0, 0.1) is 16.7 Å². The predicted molar refractivity (Wildman–Crippen MR) is 246 cm³/mol. The molecule has 0 radical (unpaired) electrons. The SMILES string of the molecule is CC(=O)O[C@H]1C(=O)[C@]2(C)[C@@H](OC(=O)CCC(N)C(=O)O)C[C@H]3OC[C@@]3(OC(C)=O)[C@H]2[C@H](OC(=O)c2ccccc2)[C@]2(O)C[C@H](OC(=O)[C@H](O)[C@@H](NC(=O)c3ccccc3)c3ccccc3)C(C)=C1C2(C)C. The number of rotatable bonds is 15. The number of carboxylic acids is 1. The van der Waals surface area contributed by atoms with Crippen LogP contribution in [0.2, 0.25) is 0 Å². The number of amides is 1. The van der Waals surface area contributed by atoms with Crippen LogP contribution >= 0.6 is 0 Å². The average Bonchev–Trinajstić information content (AvgIpc) is 3.33. The third-order valence-electron chi connectivity index (χ3n) is 14.7. The summed E-state index contributed by atoms with van der Waals surface area (Å²) >= 11 is 0. The van der Waals surface area contributed by atoms with Crippen molar-refractivity contribution in [2.45, 2.75) is 127 Å². The lowest BCUT2D eigenvalue weighted by Crippen LogP contribution is -2.82. The molecule has 4 aliphatic rings. The second-order valence-corrected chi connectivity index (χ2v) is 19.3. The van der Waals surface area contributed by atoms with E-state index in [1.165, 1.54) is 39.8 Å². The number of benzene rings is 3. The molecule has 7 rings (SSSR count). The van der Waals surface area contributed by atoms with Crippen molar-refractivity contribution in [3.05, 3.63) is 119 Å². The summed E-state index contributed by atoms with van der Waals surface area (Å²) < 4.78 is 36.8. The second-order valence-electron chi connectivity index (χ2n) is 19.3. The van der Waals surface area contributed by atoms with E-state index in [1.54, 1.807) is 78.9 Å². The van der Waals surface area contributed by atoms with Crippen LogP contribution in [0.1, 0.15) is 99.5 Å². The van der Waals surface area contributed by atoms with Gasteiger partial charge in [0.1, 0.15) is 36.1 Å². The lowest BCUT2D eigenvalue weighted by molar-refractivity contribution is -0.346. The van der Waals surface area contributed by atoms with Gasteiger partial charge in [0.25, 0.3) is 5.91 Å². The number of Topliss-reactive ketones (excluding diaryl/α,β-unsaturated/α-hetero) is 1. The van der Waals surface area contributed by atoms with E-state index in [-0.39, 0.29) is 35.1 Å². The third-order valence-corrected chi connectivity index (χ3v) is 14.7. The molecule has 3 aliphatic carbocycles. The van der Waals surface area contributed by atoms with Crippen molar-refractivity contribution < 1.29 is 82.1 Å². The Morgan fingerprint density at radius 1 is 0.831 bits per heavy atom. The summed E-state index contributed by atoms with van der Waals surface area (Å²) in [6.07, 6.45) is -12.2. The largest absolute Gasteiger partial charge is 0.480 e. The normalized spacial score (nSPS) is 29.6. The van der Waals surface area contributed by atoms with E-state index >= 15 is 4.79 Å². The number of hydrogen-bond donors (Lipinski definition) is 5. The summed E-state index contributed by atoms with van der Waals surface area (Å²) in [5.41, 5.74) is -2.22. The first-order chi connectivity index (χ1) is 33.5. The number of aliphatic carboxylic acids is 1. The topological polar surface area (TPSA) is 291 Å². The predicted octanol–water partition coefficient (Wildman–Crippen LogP) is 3.48. The van der Waals surface area contributed by atoms with Gasteiger partial charge in [-0.15, -0.1) is 0 Å². The van der Waals surface area contributed by atoms with E-state index in [0.29, 0.717) is 5.56 Å². The summed E-state index contributed by atoms with van der Waals surface area (Å²) in [5, 5.41) is 38.0. The van der Waals surface area contributed by atoms with Crippen molar-refractivity contribution >= 4 is 47.5 Å². The second kappa shape index (κ2) is 20.1. The Bertz CT molecular complexity index is 2600. The Morgan fingerprint density at radius 2 is 1.42 bits per heavy atom. The fourth-order valence-electron chi connectivity index (χ4n) is 10.9. The summed E-state index contributed by atoms with van der Waals surface area (Å²) in [5.74, 6) is -9.82. The minimum absolute atomic E-state index is 0.00311. The molecule has 2 bridgehead atoms. The van der Waals surface area contributed by atoms with Crippen LogP contribution in [-0.4, -0.2) is 123 Å². The van der Waals surface area contributed by atoms with Crippen LogP contribution in [-0.2, 0) is 57.2 Å². The molecule has 3 aromatic rings. The maximum atomic E-state index is 16.1.